The smallest absolute Gasteiger partial charge is 0.462 e. The number of likely N-dealkylation sites (N-methyl/N-ethyl adjacent to an activating group) is 1. The molecule has 10 heteroatoms. The lowest BCUT2D eigenvalue weighted by Crippen LogP contribution is -2.37. The summed E-state index contributed by atoms with van der Waals surface area (Å²) >= 11 is 0. The van der Waals surface area contributed by atoms with Crippen molar-refractivity contribution in [2.45, 2.75) is 148 Å². The number of nitrogens with zero attached hydrogens (tertiary/aromatic N) is 1. The lowest BCUT2D eigenvalue weighted by atomic mass is 10.1. The van der Waals surface area contributed by atoms with Crippen LogP contribution in [0.2, 0.25) is 0 Å². The van der Waals surface area contributed by atoms with Crippen LogP contribution in [0.5, 0.6) is 0 Å². The lowest BCUT2D eigenvalue weighted by molar-refractivity contribution is -0.870. The second-order valence-electron chi connectivity index (χ2n) is 14.0. The van der Waals surface area contributed by atoms with Crippen LogP contribution in [0.1, 0.15) is 142 Å². The average molecular weight is 727 g/mol. The molecule has 9 nitrogen and oxygen atoms in total. The van der Waals surface area contributed by atoms with Gasteiger partial charge in [-0.1, -0.05) is 127 Å². The van der Waals surface area contributed by atoms with E-state index < -0.39 is 32.5 Å². The number of esters is 2. The van der Waals surface area contributed by atoms with Gasteiger partial charge in [-0.05, 0) is 51.4 Å². The van der Waals surface area contributed by atoms with Crippen molar-refractivity contribution >= 4 is 19.8 Å². The molecule has 2 atom stereocenters. The highest BCUT2D eigenvalue weighted by atomic mass is 31.2. The summed E-state index contributed by atoms with van der Waals surface area (Å²) in [5.74, 6) is -0.871. The van der Waals surface area contributed by atoms with E-state index in [4.69, 9.17) is 18.5 Å². The summed E-state index contributed by atoms with van der Waals surface area (Å²) in [7, 11) is 1.44. The highest BCUT2D eigenvalue weighted by Gasteiger charge is 2.27. The molecule has 0 aromatic carbocycles. The SMILES string of the molecule is CCCCC/C=C/C/C=C/C/C=C/C/C=C/CCCC(=O)OC[C@@H](COP(=O)(O)OCC[N+](C)(C)C)OC(=O)CCCCCCCCCCC. The van der Waals surface area contributed by atoms with E-state index >= 15 is 0 Å². The summed E-state index contributed by atoms with van der Waals surface area (Å²) < 4.78 is 34.0. The fourth-order valence-electron chi connectivity index (χ4n) is 4.77. The summed E-state index contributed by atoms with van der Waals surface area (Å²) in [6, 6.07) is 0. The number of carbonyl (C=O) groups excluding carboxylic acids is 2. The molecule has 0 aromatic heterocycles. The van der Waals surface area contributed by atoms with Crippen LogP contribution in [-0.4, -0.2) is 74.9 Å². The maximum atomic E-state index is 12.6. The molecule has 0 saturated heterocycles. The quantitative estimate of drug-likeness (QED) is 0.0230. The van der Waals surface area contributed by atoms with E-state index in [1.54, 1.807) is 0 Å². The largest absolute Gasteiger partial charge is 0.472 e. The molecule has 0 fully saturated rings. The Balaban J connectivity index is 4.49. The first kappa shape index (κ1) is 48.0. The van der Waals surface area contributed by atoms with E-state index in [-0.39, 0.29) is 26.1 Å². The Labute approximate surface area is 305 Å². The zero-order valence-corrected chi connectivity index (χ0v) is 33.3. The van der Waals surface area contributed by atoms with E-state index in [1.807, 2.05) is 21.1 Å². The Morgan fingerprint density at radius 2 is 1.10 bits per heavy atom. The first-order chi connectivity index (χ1) is 24.0. The van der Waals surface area contributed by atoms with Crippen LogP contribution in [0, 0.1) is 0 Å². The molecule has 50 heavy (non-hydrogen) atoms. The molecule has 0 heterocycles. The van der Waals surface area contributed by atoms with Crippen molar-refractivity contribution in [2.75, 3.05) is 47.5 Å². The second-order valence-corrected chi connectivity index (χ2v) is 15.4. The topological polar surface area (TPSA) is 108 Å². The van der Waals surface area contributed by atoms with Gasteiger partial charge in [0.05, 0.1) is 27.7 Å². The van der Waals surface area contributed by atoms with Crippen molar-refractivity contribution < 1.29 is 42.1 Å². The molecule has 0 radical (unpaired) electrons. The van der Waals surface area contributed by atoms with Crippen molar-refractivity contribution in [2.24, 2.45) is 0 Å². The number of ether oxygens (including phenoxy) is 2. The third-order valence-electron chi connectivity index (χ3n) is 7.86. The minimum Gasteiger partial charge on any atom is -0.462 e. The molecule has 0 spiro atoms. The number of hydrogen-bond donors (Lipinski definition) is 1. The molecule has 0 aromatic rings. The van der Waals surface area contributed by atoms with Crippen molar-refractivity contribution in [3.8, 4) is 0 Å². The third kappa shape index (κ3) is 35.8. The molecular formula is C40H73NO8P+. The van der Waals surface area contributed by atoms with Gasteiger partial charge in [0.1, 0.15) is 19.8 Å². The van der Waals surface area contributed by atoms with Gasteiger partial charge in [-0.2, -0.15) is 0 Å². The lowest BCUT2D eigenvalue weighted by Gasteiger charge is -2.24. The minimum absolute atomic E-state index is 0.0226. The molecule has 290 valence electrons. The number of allylic oxidation sites excluding steroid dienone is 8. The molecule has 0 rings (SSSR count). The highest BCUT2D eigenvalue weighted by molar-refractivity contribution is 7.47. The van der Waals surface area contributed by atoms with Crippen LogP contribution in [0.4, 0.5) is 0 Å². The number of unbranched alkanes of at least 4 members (excludes halogenated alkanes) is 12. The fraction of sp³-hybridized carbons (Fsp3) is 0.750. The van der Waals surface area contributed by atoms with Gasteiger partial charge in [0.15, 0.2) is 6.10 Å². The minimum atomic E-state index is -4.38. The summed E-state index contributed by atoms with van der Waals surface area (Å²) in [6.45, 7) is 4.28. The summed E-state index contributed by atoms with van der Waals surface area (Å²) in [5.41, 5.74) is 0. The van der Waals surface area contributed by atoms with Crippen LogP contribution < -0.4 is 0 Å². The Hall–Kier alpha value is -2.03. The number of carbonyl (C=O) groups is 2. The number of rotatable bonds is 34. The number of phosphoric acid groups is 1. The number of quaternary nitrogens is 1. The maximum absolute atomic E-state index is 12.6. The summed E-state index contributed by atoms with van der Waals surface area (Å²) in [6.07, 6.45) is 36.0. The molecule has 0 amide bonds. The van der Waals surface area contributed by atoms with Gasteiger partial charge in [0.25, 0.3) is 0 Å². The number of hydrogen-bond acceptors (Lipinski definition) is 7. The van der Waals surface area contributed by atoms with Crippen molar-refractivity contribution in [3.63, 3.8) is 0 Å². The van der Waals surface area contributed by atoms with Crippen molar-refractivity contribution in [1.82, 2.24) is 0 Å². The van der Waals surface area contributed by atoms with Gasteiger partial charge in [-0.15, -0.1) is 0 Å². The molecule has 0 bridgehead atoms. The molecule has 1 N–H and O–H groups in total. The summed E-state index contributed by atoms with van der Waals surface area (Å²) in [5, 5.41) is 0. The normalized spacial score (nSPS) is 14.3. The molecule has 0 aliphatic heterocycles. The van der Waals surface area contributed by atoms with Crippen LogP contribution in [0.3, 0.4) is 0 Å². The molecule has 0 aliphatic carbocycles. The van der Waals surface area contributed by atoms with Crippen molar-refractivity contribution in [1.29, 1.82) is 0 Å². The van der Waals surface area contributed by atoms with Gasteiger partial charge in [0, 0.05) is 12.8 Å². The average Bonchev–Trinajstić information content (AvgIpc) is 3.06. The third-order valence-corrected chi connectivity index (χ3v) is 8.85. The monoisotopic (exact) mass is 727 g/mol. The van der Waals surface area contributed by atoms with E-state index in [2.05, 4.69) is 62.5 Å². The highest BCUT2D eigenvalue weighted by Crippen LogP contribution is 2.43. The molecule has 0 saturated carbocycles. The first-order valence-corrected chi connectivity index (χ1v) is 20.9. The van der Waals surface area contributed by atoms with Gasteiger partial charge >= 0.3 is 19.8 Å². The van der Waals surface area contributed by atoms with Crippen LogP contribution in [0.15, 0.2) is 48.6 Å². The fourth-order valence-corrected chi connectivity index (χ4v) is 5.51. The van der Waals surface area contributed by atoms with Crippen LogP contribution in [0.25, 0.3) is 0 Å². The predicted molar refractivity (Wildman–Crippen MR) is 206 cm³/mol. The van der Waals surface area contributed by atoms with E-state index in [0.29, 0.717) is 23.9 Å². The molecule has 1 unspecified atom stereocenters. The predicted octanol–water partition coefficient (Wildman–Crippen LogP) is 10.3. The standard InChI is InChI=1S/C40H72NO8P/c1-6-8-10-12-14-16-17-18-19-20-21-22-23-25-26-28-30-32-39(42)46-36-38(37-48-50(44,45)47-35-34-41(3,4)5)49-40(43)33-31-29-27-24-15-13-11-9-7-2/h14,16,18-19,21-22,25-26,38H,6-13,15,17,20,23-24,27-37H2,1-5H3/p+1/b16-14+,19-18+,22-21+,26-25+/t38-/m0/s1. The van der Waals surface area contributed by atoms with E-state index in [0.717, 1.165) is 44.9 Å². The number of phosphoric ester groups is 1. The molecular weight excluding hydrogens is 653 g/mol. The van der Waals surface area contributed by atoms with Gasteiger partial charge < -0.3 is 18.9 Å². The van der Waals surface area contributed by atoms with Crippen molar-refractivity contribution in [3.05, 3.63) is 48.6 Å². The molecule has 0 aliphatic rings. The van der Waals surface area contributed by atoms with Gasteiger partial charge in [-0.3, -0.25) is 18.6 Å². The Kier molecular flexibility index (Phi) is 31.5. The van der Waals surface area contributed by atoms with E-state index in [1.165, 1.54) is 57.8 Å². The van der Waals surface area contributed by atoms with Gasteiger partial charge in [0.2, 0.25) is 0 Å². The Bertz CT molecular complexity index is 1000. The van der Waals surface area contributed by atoms with Crippen LogP contribution >= 0.6 is 7.82 Å². The second kappa shape index (κ2) is 32.8. The summed E-state index contributed by atoms with van der Waals surface area (Å²) in [4.78, 5) is 35.1. The Morgan fingerprint density at radius 1 is 0.620 bits per heavy atom. The van der Waals surface area contributed by atoms with E-state index in [9.17, 15) is 19.0 Å². The maximum Gasteiger partial charge on any atom is 0.472 e. The first-order valence-electron chi connectivity index (χ1n) is 19.4. The van der Waals surface area contributed by atoms with Gasteiger partial charge in [-0.25, -0.2) is 4.57 Å². The zero-order chi connectivity index (χ0) is 37.2. The van der Waals surface area contributed by atoms with Crippen LogP contribution in [-0.2, 0) is 32.7 Å². The zero-order valence-electron chi connectivity index (χ0n) is 32.4. The Morgan fingerprint density at radius 3 is 1.66 bits per heavy atom.